The number of sulfonamides is 1. The van der Waals surface area contributed by atoms with Crippen LogP contribution in [0.25, 0.3) is 0 Å². The maximum Gasteiger partial charge on any atom is 0.337 e. The van der Waals surface area contributed by atoms with Crippen molar-refractivity contribution in [2.45, 2.75) is 18.0 Å². The summed E-state index contributed by atoms with van der Waals surface area (Å²) < 4.78 is 32.7. The Hall–Kier alpha value is -2.67. The number of nitrogens with zero attached hydrogens (tertiary/aromatic N) is 1. The first kappa shape index (κ1) is 21.0. The number of hydrogen-bond donors (Lipinski definition) is 0. The largest absolute Gasteiger partial charge is 0.465 e. The Kier molecular flexibility index (Phi) is 6.69. The molecule has 0 aliphatic heterocycles. The van der Waals surface area contributed by atoms with Gasteiger partial charge in [0.15, 0.2) is 0 Å². The lowest BCUT2D eigenvalue weighted by Crippen LogP contribution is -2.30. The molecule has 0 saturated heterocycles. The molecule has 0 radical (unpaired) electrons. The number of rotatable bonds is 7. The van der Waals surface area contributed by atoms with E-state index in [1.807, 2.05) is 30.3 Å². The Morgan fingerprint density at radius 3 is 2.10 bits per heavy atom. The molecule has 29 heavy (non-hydrogen) atoms. The lowest BCUT2D eigenvalue weighted by Gasteiger charge is -2.23. The van der Waals surface area contributed by atoms with Crippen molar-refractivity contribution in [1.29, 1.82) is 0 Å². The topological polar surface area (TPSA) is 63.7 Å². The summed E-state index contributed by atoms with van der Waals surface area (Å²) in [6.45, 7) is 0.347. The maximum atomic E-state index is 13.3. The highest BCUT2D eigenvalue weighted by molar-refractivity contribution is 7.89. The lowest BCUT2D eigenvalue weighted by atomic mass is 10.1. The predicted octanol–water partition coefficient (Wildman–Crippen LogP) is 4.52. The molecule has 0 saturated carbocycles. The van der Waals surface area contributed by atoms with Crippen LogP contribution >= 0.6 is 11.6 Å². The molecule has 3 aromatic carbocycles. The molecule has 0 aliphatic rings. The number of ether oxygens (including phenoxy) is 1. The van der Waals surface area contributed by atoms with Gasteiger partial charge in [-0.3, -0.25) is 0 Å². The molecule has 0 aliphatic carbocycles. The Morgan fingerprint density at radius 2 is 1.52 bits per heavy atom. The minimum absolute atomic E-state index is 0.132. The van der Waals surface area contributed by atoms with Crippen molar-refractivity contribution in [2.75, 3.05) is 7.11 Å². The van der Waals surface area contributed by atoms with E-state index in [0.717, 1.165) is 11.1 Å². The summed E-state index contributed by atoms with van der Waals surface area (Å²) >= 11 is 6.01. The lowest BCUT2D eigenvalue weighted by molar-refractivity contribution is 0.0600. The fourth-order valence-electron chi connectivity index (χ4n) is 2.86. The second kappa shape index (κ2) is 9.22. The van der Waals surface area contributed by atoms with Gasteiger partial charge in [-0.05, 0) is 41.5 Å². The smallest absolute Gasteiger partial charge is 0.337 e. The Balaban J connectivity index is 1.94. The number of carbonyl (C=O) groups is 1. The van der Waals surface area contributed by atoms with E-state index in [1.165, 1.54) is 23.5 Å². The van der Waals surface area contributed by atoms with Gasteiger partial charge >= 0.3 is 5.97 Å². The van der Waals surface area contributed by atoms with E-state index >= 15 is 0 Å². The average molecular weight is 430 g/mol. The molecule has 0 atom stereocenters. The van der Waals surface area contributed by atoms with E-state index in [0.29, 0.717) is 10.6 Å². The van der Waals surface area contributed by atoms with Crippen LogP contribution in [0.4, 0.5) is 0 Å². The molecule has 150 valence electrons. The van der Waals surface area contributed by atoms with Gasteiger partial charge < -0.3 is 4.74 Å². The number of halogens is 1. The van der Waals surface area contributed by atoms with Crippen LogP contribution in [-0.4, -0.2) is 25.8 Å². The van der Waals surface area contributed by atoms with E-state index in [9.17, 15) is 13.2 Å². The van der Waals surface area contributed by atoms with Gasteiger partial charge in [0.25, 0.3) is 0 Å². The molecule has 0 amide bonds. The van der Waals surface area contributed by atoms with Crippen LogP contribution in [0.3, 0.4) is 0 Å². The molecule has 3 aromatic rings. The summed E-state index contributed by atoms with van der Waals surface area (Å²) in [5, 5.41) is 0.355. The van der Waals surface area contributed by atoms with E-state index in [4.69, 9.17) is 16.3 Å². The van der Waals surface area contributed by atoms with E-state index in [1.54, 1.807) is 36.4 Å². The summed E-state index contributed by atoms with van der Waals surface area (Å²) in [6, 6.07) is 22.3. The fourth-order valence-corrected chi connectivity index (χ4v) is 4.57. The first-order valence-electron chi connectivity index (χ1n) is 8.87. The van der Waals surface area contributed by atoms with Crippen molar-refractivity contribution in [3.63, 3.8) is 0 Å². The molecule has 0 heterocycles. The zero-order valence-electron chi connectivity index (χ0n) is 15.8. The minimum atomic E-state index is -3.79. The third-order valence-electron chi connectivity index (χ3n) is 4.37. The average Bonchev–Trinajstić information content (AvgIpc) is 2.74. The molecule has 5 nitrogen and oxygen atoms in total. The number of esters is 1. The zero-order valence-corrected chi connectivity index (χ0v) is 17.4. The maximum absolute atomic E-state index is 13.3. The van der Waals surface area contributed by atoms with Gasteiger partial charge in [-0.15, -0.1) is 0 Å². The van der Waals surface area contributed by atoms with Crippen molar-refractivity contribution in [1.82, 2.24) is 4.31 Å². The highest BCUT2D eigenvalue weighted by Gasteiger charge is 2.25. The van der Waals surface area contributed by atoms with Gasteiger partial charge in [0.2, 0.25) is 10.0 Å². The zero-order chi connectivity index (χ0) is 20.9. The van der Waals surface area contributed by atoms with Crippen LogP contribution in [-0.2, 0) is 27.8 Å². The second-order valence-electron chi connectivity index (χ2n) is 6.40. The SMILES string of the molecule is COC(=O)c1ccc(CN(Cc2ccccc2)S(=O)(=O)c2cccc(Cl)c2)cc1. The molecular weight excluding hydrogens is 410 g/mol. The molecule has 0 aromatic heterocycles. The third kappa shape index (κ3) is 5.23. The first-order valence-corrected chi connectivity index (χ1v) is 10.7. The van der Waals surface area contributed by atoms with Crippen LogP contribution in [0.2, 0.25) is 5.02 Å². The quantitative estimate of drug-likeness (QED) is 0.518. The van der Waals surface area contributed by atoms with E-state index in [-0.39, 0.29) is 18.0 Å². The molecule has 3 rings (SSSR count). The summed E-state index contributed by atoms with van der Waals surface area (Å²) in [5.74, 6) is -0.441. The molecule has 7 heteroatoms. The summed E-state index contributed by atoms with van der Waals surface area (Å²) in [6.07, 6.45) is 0. The monoisotopic (exact) mass is 429 g/mol. The highest BCUT2D eigenvalue weighted by atomic mass is 35.5. The molecule has 0 unspecified atom stereocenters. The van der Waals surface area contributed by atoms with Crippen LogP contribution in [0, 0.1) is 0 Å². The Labute approximate surface area is 175 Å². The van der Waals surface area contributed by atoms with Crippen molar-refractivity contribution in [3.05, 3.63) is 101 Å². The normalized spacial score (nSPS) is 11.4. The molecule has 0 fully saturated rings. The number of methoxy groups -OCH3 is 1. The van der Waals surface area contributed by atoms with Crippen LogP contribution < -0.4 is 0 Å². The van der Waals surface area contributed by atoms with Gasteiger partial charge in [-0.2, -0.15) is 4.31 Å². The summed E-state index contributed by atoms with van der Waals surface area (Å²) in [7, 11) is -2.48. The van der Waals surface area contributed by atoms with Gasteiger partial charge in [-0.1, -0.05) is 60.1 Å². The number of carbonyl (C=O) groups excluding carboxylic acids is 1. The van der Waals surface area contributed by atoms with Crippen molar-refractivity contribution < 1.29 is 17.9 Å². The molecule has 0 N–H and O–H groups in total. The Bertz CT molecular complexity index is 1080. The summed E-state index contributed by atoms with van der Waals surface area (Å²) in [5.41, 5.74) is 2.02. The molecular formula is C22H20ClNO4S. The Morgan fingerprint density at radius 1 is 0.897 bits per heavy atom. The highest BCUT2D eigenvalue weighted by Crippen LogP contribution is 2.23. The van der Waals surface area contributed by atoms with Gasteiger partial charge in [0.1, 0.15) is 0 Å². The van der Waals surface area contributed by atoms with Crippen molar-refractivity contribution >= 4 is 27.6 Å². The van der Waals surface area contributed by atoms with E-state index < -0.39 is 16.0 Å². The molecule has 0 spiro atoms. The van der Waals surface area contributed by atoms with Crippen LogP contribution in [0.5, 0.6) is 0 Å². The minimum Gasteiger partial charge on any atom is -0.465 e. The van der Waals surface area contributed by atoms with Crippen molar-refractivity contribution in [3.8, 4) is 0 Å². The fraction of sp³-hybridized carbons (Fsp3) is 0.136. The van der Waals surface area contributed by atoms with Gasteiger partial charge in [-0.25, -0.2) is 13.2 Å². The number of benzene rings is 3. The standard InChI is InChI=1S/C22H20ClNO4S/c1-28-22(25)19-12-10-18(11-13-19)16-24(15-17-6-3-2-4-7-17)29(26,27)21-9-5-8-20(23)14-21/h2-14H,15-16H2,1H3. The predicted molar refractivity (Wildman–Crippen MR) is 112 cm³/mol. The number of hydrogen-bond acceptors (Lipinski definition) is 4. The summed E-state index contributed by atoms with van der Waals surface area (Å²) in [4.78, 5) is 11.8. The van der Waals surface area contributed by atoms with Crippen molar-refractivity contribution in [2.24, 2.45) is 0 Å². The first-order chi connectivity index (χ1) is 13.9. The van der Waals surface area contributed by atoms with Gasteiger partial charge in [0, 0.05) is 18.1 Å². The molecule has 0 bridgehead atoms. The van der Waals surface area contributed by atoms with Crippen LogP contribution in [0.15, 0.2) is 83.8 Å². The third-order valence-corrected chi connectivity index (χ3v) is 6.39. The second-order valence-corrected chi connectivity index (χ2v) is 8.78. The van der Waals surface area contributed by atoms with Gasteiger partial charge in [0.05, 0.1) is 17.6 Å². The van der Waals surface area contributed by atoms with Crippen LogP contribution in [0.1, 0.15) is 21.5 Å². The van der Waals surface area contributed by atoms with E-state index in [2.05, 4.69) is 0 Å².